The fourth-order valence-electron chi connectivity index (χ4n) is 1.68. The zero-order valence-electron chi connectivity index (χ0n) is 6.92. The Morgan fingerprint density at radius 2 is 2.58 bits per heavy atom. The van der Waals surface area contributed by atoms with E-state index in [4.69, 9.17) is 0 Å². The van der Waals surface area contributed by atoms with Crippen LogP contribution in [-0.2, 0) is 6.42 Å². The van der Waals surface area contributed by atoms with E-state index in [0.717, 1.165) is 24.1 Å². The second-order valence-corrected chi connectivity index (χ2v) is 3.01. The van der Waals surface area contributed by atoms with Crippen molar-refractivity contribution in [2.24, 2.45) is 0 Å². The Morgan fingerprint density at radius 3 is 3.33 bits per heavy atom. The minimum atomic E-state index is -0.254. The van der Waals surface area contributed by atoms with Crippen molar-refractivity contribution >= 4 is 0 Å². The molecule has 1 heterocycles. The first-order valence-electron chi connectivity index (χ1n) is 4.06. The number of aryl methyl sites for hydroxylation is 1. The van der Waals surface area contributed by atoms with Crippen molar-refractivity contribution in [1.29, 1.82) is 0 Å². The van der Waals surface area contributed by atoms with Crippen LogP contribution in [0, 0.1) is 0 Å². The summed E-state index contributed by atoms with van der Waals surface area (Å²) in [6, 6.07) is 0.302. The molecule has 1 aromatic heterocycles. The van der Waals surface area contributed by atoms with Gasteiger partial charge in [-0.05, 0) is 25.5 Å². The molecule has 0 spiro atoms. The molecule has 2 rings (SSSR count). The first kappa shape index (κ1) is 7.49. The van der Waals surface area contributed by atoms with Gasteiger partial charge in [0.2, 0.25) is 0 Å². The lowest BCUT2D eigenvalue weighted by Crippen LogP contribution is -2.19. The average molecular weight is 165 g/mol. The van der Waals surface area contributed by atoms with Gasteiger partial charge >= 0.3 is 5.69 Å². The molecule has 0 amide bonds. The van der Waals surface area contributed by atoms with Crippen LogP contribution in [0.15, 0.2) is 11.0 Å². The van der Waals surface area contributed by atoms with Gasteiger partial charge in [-0.2, -0.15) is 0 Å². The minimum Gasteiger partial charge on any atom is -0.312 e. The number of H-pyrrole nitrogens is 1. The van der Waals surface area contributed by atoms with Crippen molar-refractivity contribution in [3.8, 4) is 0 Å². The molecule has 0 saturated heterocycles. The summed E-state index contributed by atoms with van der Waals surface area (Å²) in [6.45, 7) is 0. The van der Waals surface area contributed by atoms with Crippen LogP contribution in [0.25, 0.3) is 0 Å². The molecule has 64 valence electrons. The molecule has 0 radical (unpaired) electrons. The Morgan fingerprint density at radius 1 is 1.75 bits per heavy atom. The van der Waals surface area contributed by atoms with Crippen molar-refractivity contribution in [3.63, 3.8) is 0 Å². The summed E-state index contributed by atoms with van der Waals surface area (Å²) in [6.07, 6.45) is 3.73. The van der Waals surface area contributed by atoms with Crippen LogP contribution < -0.4 is 11.0 Å². The van der Waals surface area contributed by atoms with E-state index in [0.29, 0.717) is 6.04 Å². The SMILES string of the molecule is CNC1CCc2cnc(=O)[nH]c21. The fraction of sp³-hybridized carbons (Fsp3) is 0.500. The van der Waals surface area contributed by atoms with Gasteiger partial charge in [0.05, 0.1) is 0 Å². The van der Waals surface area contributed by atoms with Gasteiger partial charge in [-0.25, -0.2) is 9.78 Å². The van der Waals surface area contributed by atoms with E-state index in [1.165, 1.54) is 0 Å². The number of aromatic nitrogens is 2. The third kappa shape index (κ3) is 1.04. The van der Waals surface area contributed by atoms with Crippen LogP contribution in [0.5, 0.6) is 0 Å². The van der Waals surface area contributed by atoms with Gasteiger partial charge in [0.15, 0.2) is 0 Å². The van der Waals surface area contributed by atoms with E-state index in [2.05, 4.69) is 15.3 Å². The molecule has 0 fully saturated rings. The van der Waals surface area contributed by atoms with E-state index in [-0.39, 0.29) is 5.69 Å². The highest BCUT2D eigenvalue weighted by Gasteiger charge is 2.21. The van der Waals surface area contributed by atoms with Gasteiger partial charge in [-0.3, -0.25) is 0 Å². The van der Waals surface area contributed by atoms with Crippen molar-refractivity contribution in [1.82, 2.24) is 15.3 Å². The van der Waals surface area contributed by atoms with Gasteiger partial charge in [-0.1, -0.05) is 0 Å². The van der Waals surface area contributed by atoms with Crippen LogP contribution in [-0.4, -0.2) is 17.0 Å². The lowest BCUT2D eigenvalue weighted by molar-refractivity contribution is 0.577. The van der Waals surface area contributed by atoms with E-state index in [1.807, 2.05) is 7.05 Å². The molecule has 0 aromatic carbocycles. The molecule has 12 heavy (non-hydrogen) atoms. The number of nitrogens with zero attached hydrogens (tertiary/aromatic N) is 1. The number of rotatable bonds is 1. The van der Waals surface area contributed by atoms with Gasteiger partial charge in [0.25, 0.3) is 0 Å². The van der Waals surface area contributed by atoms with Gasteiger partial charge in [0, 0.05) is 17.9 Å². The van der Waals surface area contributed by atoms with Gasteiger partial charge in [-0.15, -0.1) is 0 Å². The van der Waals surface area contributed by atoms with Crippen LogP contribution in [0.2, 0.25) is 0 Å². The molecule has 1 atom stereocenters. The molecule has 0 bridgehead atoms. The average Bonchev–Trinajstić information content (AvgIpc) is 2.46. The van der Waals surface area contributed by atoms with E-state index in [1.54, 1.807) is 6.20 Å². The highest BCUT2D eigenvalue weighted by Crippen LogP contribution is 2.26. The molecule has 1 aliphatic rings. The maximum atomic E-state index is 10.9. The van der Waals surface area contributed by atoms with Gasteiger partial charge < -0.3 is 10.3 Å². The number of aromatic amines is 1. The molecular weight excluding hydrogens is 154 g/mol. The standard InChI is InChI=1S/C8H11N3O/c1-9-6-3-2-5-4-10-8(12)11-7(5)6/h4,6,9H,2-3H2,1H3,(H,10,11,12). The van der Waals surface area contributed by atoms with Crippen molar-refractivity contribution in [2.45, 2.75) is 18.9 Å². The predicted octanol–water partition coefficient (Wildman–Crippen LogP) is -0.0234. The first-order valence-corrected chi connectivity index (χ1v) is 4.06. The Labute approximate surface area is 70.0 Å². The summed E-state index contributed by atoms with van der Waals surface area (Å²) in [5.74, 6) is 0. The zero-order valence-corrected chi connectivity index (χ0v) is 6.92. The third-order valence-electron chi connectivity index (χ3n) is 2.32. The fourth-order valence-corrected chi connectivity index (χ4v) is 1.68. The smallest absolute Gasteiger partial charge is 0.312 e. The maximum absolute atomic E-state index is 10.9. The topological polar surface area (TPSA) is 57.8 Å². The summed E-state index contributed by atoms with van der Waals surface area (Å²) >= 11 is 0. The quantitative estimate of drug-likeness (QED) is 0.614. The largest absolute Gasteiger partial charge is 0.345 e. The summed E-state index contributed by atoms with van der Waals surface area (Å²) in [7, 11) is 1.90. The van der Waals surface area contributed by atoms with E-state index in [9.17, 15) is 4.79 Å². The van der Waals surface area contributed by atoms with Crippen molar-refractivity contribution in [3.05, 3.63) is 27.9 Å². The second kappa shape index (κ2) is 2.71. The Bertz CT molecular complexity index is 344. The Balaban J connectivity index is 2.49. The second-order valence-electron chi connectivity index (χ2n) is 3.01. The molecule has 1 aliphatic carbocycles. The van der Waals surface area contributed by atoms with Crippen molar-refractivity contribution < 1.29 is 0 Å². The first-order chi connectivity index (χ1) is 5.81. The zero-order chi connectivity index (χ0) is 8.55. The monoisotopic (exact) mass is 165 g/mol. The molecule has 2 N–H and O–H groups in total. The summed E-state index contributed by atoms with van der Waals surface area (Å²) < 4.78 is 0. The number of nitrogens with one attached hydrogen (secondary N) is 2. The molecule has 1 unspecified atom stereocenters. The van der Waals surface area contributed by atoms with E-state index < -0.39 is 0 Å². The molecule has 1 aromatic rings. The lowest BCUT2D eigenvalue weighted by atomic mass is 10.2. The normalized spacial score (nSPS) is 20.9. The number of hydrogen-bond acceptors (Lipinski definition) is 3. The molecule has 0 aliphatic heterocycles. The Hall–Kier alpha value is -1.16. The van der Waals surface area contributed by atoms with Crippen LogP contribution in [0.3, 0.4) is 0 Å². The Kier molecular flexibility index (Phi) is 1.69. The highest BCUT2D eigenvalue weighted by molar-refractivity contribution is 5.24. The molecule has 4 heteroatoms. The summed E-state index contributed by atoms with van der Waals surface area (Å²) in [5, 5.41) is 3.15. The lowest BCUT2D eigenvalue weighted by Gasteiger charge is -2.07. The van der Waals surface area contributed by atoms with Gasteiger partial charge in [0.1, 0.15) is 0 Å². The molecule has 0 saturated carbocycles. The summed E-state index contributed by atoms with van der Waals surface area (Å²) in [4.78, 5) is 17.3. The van der Waals surface area contributed by atoms with Crippen LogP contribution in [0.4, 0.5) is 0 Å². The van der Waals surface area contributed by atoms with Crippen LogP contribution in [0.1, 0.15) is 23.7 Å². The van der Waals surface area contributed by atoms with Crippen LogP contribution >= 0.6 is 0 Å². The van der Waals surface area contributed by atoms with E-state index >= 15 is 0 Å². The molecular formula is C8H11N3O. The third-order valence-corrected chi connectivity index (χ3v) is 2.32. The summed E-state index contributed by atoms with van der Waals surface area (Å²) in [5.41, 5.74) is 1.92. The number of hydrogen-bond donors (Lipinski definition) is 2. The predicted molar refractivity (Wildman–Crippen MR) is 45.0 cm³/mol. The maximum Gasteiger partial charge on any atom is 0.345 e. The van der Waals surface area contributed by atoms with Crippen molar-refractivity contribution in [2.75, 3.05) is 7.05 Å². The molecule has 4 nitrogen and oxygen atoms in total. The highest BCUT2D eigenvalue weighted by atomic mass is 16.1. The minimum absolute atomic E-state index is 0.254. The number of fused-ring (bicyclic) bond motifs is 1.